The van der Waals surface area contributed by atoms with Gasteiger partial charge >= 0.3 is 0 Å². The van der Waals surface area contributed by atoms with Crippen LogP contribution >= 0.6 is 11.5 Å². The number of carbonyl (C=O) groups excluding carboxylic acids is 1. The monoisotopic (exact) mass is 200 g/mol. The Morgan fingerprint density at radius 1 is 1.62 bits per heavy atom. The molecule has 0 aliphatic rings. The van der Waals surface area contributed by atoms with Crippen LogP contribution in [0.5, 0.6) is 0 Å². The number of hydrogen-bond donors (Lipinski definition) is 2. The van der Waals surface area contributed by atoms with Gasteiger partial charge in [-0.05, 0) is 11.5 Å². The topological polar surface area (TPSA) is 71.2 Å². The first-order valence-corrected chi connectivity index (χ1v) is 4.49. The molecule has 1 heterocycles. The van der Waals surface area contributed by atoms with Gasteiger partial charge in [-0.15, -0.1) is 0 Å². The minimum Gasteiger partial charge on any atom is -0.382 e. The largest absolute Gasteiger partial charge is 0.382 e. The fourth-order valence-corrected chi connectivity index (χ4v) is 1.66. The number of nitrogens with zero attached hydrogens (tertiary/aromatic N) is 2. The summed E-state index contributed by atoms with van der Waals surface area (Å²) in [4.78, 5) is 13.2. The van der Waals surface area contributed by atoms with E-state index in [-0.39, 0.29) is 11.7 Å². The Hall–Kier alpha value is -1.30. The van der Waals surface area contributed by atoms with Crippen LogP contribution in [0.4, 0.5) is 10.8 Å². The summed E-state index contributed by atoms with van der Waals surface area (Å²) in [5.41, 5.74) is 6.02. The predicted molar refractivity (Wildman–Crippen MR) is 54.2 cm³/mol. The maximum Gasteiger partial charge on any atom is 0.257 e. The molecule has 1 amide bonds. The highest BCUT2D eigenvalue weighted by atomic mass is 32.1. The van der Waals surface area contributed by atoms with E-state index >= 15 is 0 Å². The normalized spacial score (nSPS) is 9.77. The van der Waals surface area contributed by atoms with Crippen molar-refractivity contribution in [2.45, 2.75) is 0 Å². The van der Waals surface area contributed by atoms with Gasteiger partial charge in [-0.1, -0.05) is 0 Å². The summed E-state index contributed by atoms with van der Waals surface area (Å²) in [6.07, 6.45) is 0. The van der Waals surface area contributed by atoms with Crippen LogP contribution in [-0.4, -0.2) is 31.4 Å². The van der Waals surface area contributed by atoms with Gasteiger partial charge in [0.2, 0.25) is 0 Å². The average Bonchev–Trinajstić information content (AvgIpc) is 2.46. The third kappa shape index (κ3) is 1.72. The van der Waals surface area contributed by atoms with Crippen molar-refractivity contribution in [1.29, 1.82) is 0 Å². The second-order valence-corrected chi connectivity index (χ2v) is 3.47. The molecule has 13 heavy (non-hydrogen) atoms. The molecule has 0 atom stereocenters. The molecule has 5 nitrogen and oxygen atoms in total. The van der Waals surface area contributed by atoms with Gasteiger partial charge in [0, 0.05) is 21.1 Å². The van der Waals surface area contributed by atoms with Gasteiger partial charge in [0.05, 0.1) is 0 Å². The molecule has 72 valence electrons. The lowest BCUT2D eigenvalue weighted by atomic mass is 10.3. The van der Waals surface area contributed by atoms with E-state index < -0.39 is 0 Å². The zero-order valence-electron chi connectivity index (χ0n) is 7.79. The summed E-state index contributed by atoms with van der Waals surface area (Å²) < 4.78 is 3.92. The van der Waals surface area contributed by atoms with Crippen molar-refractivity contribution in [3.63, 3.8) is 0 Å². The van der Waals surface area contributed by atoms with Gasteiger partial charge < -0.3 is 16.0 Å². The van der Waals surface area contributed by atoms with Crippen LogP contribution in [-0.2, 0) is 0 Å². The number of aromatic nitrogens is 1. The van der Waals surface area contributed by atoms with Gasteiger partial charge in [0.15, 0.2) is 5.82 Å². The van der Waals surface area contributed by atoms with E-state index in [1.165, 1.54) is 11.5 Å². The van der Waals surface area contributed by atoms with E-state index in [0.29, 0.717) is 5.56 Å². The van der Waals surface area contributed by atoms with E-state index in [9.17, 15) is 4.79 Å². The SMILES string of the molecule is CNC(=O)c1c(N)nsc1N(C)C. The lowest BCUT2D eigenvalue weighted by Crippen LogP contribution is -2.21. The highest BCUT2D eigenvalue weighted by Crippen LogP contribution is 2.28. The Balaban J connectivity index is 3.16. The molecule has 0 aliphatic heterocycles. The first kappa shape index (κ1) is 9.79. The summed E-state index contributed by atoms with van der Waals surface area (Å²) >= 11 is 1.22. The van der Waals surface area contributed by atoms with E-state index in [1.54, 1.807) is 7.05 Å². The molecule has 1 aromatic rings. The van der Waals surface area contributed by atoms with Gasteiger partial charge in [-0.2, -0.15) is 4.37 Å². The molecule has 0 saturated heterocycles. The third-order valence-electron chi connectivity index (χ3n) is 1.56. The van der Waals surface area contributed by atoms with Crippen LogP contribution < -0.4 is 16.0 Å². The first-order valence-electron chi connectivity index (χ1n) is 3.72. The second-order valence-electron chi connectivity index (χ2n) is 2.72. The van der Waals surface area contributed by atoms with Crippen LogP contribution in [0.25, 0.3) is 0 Å². The number of hydrogen-bond acceptors (Lipinski definition) is 5. The fraction of sp³-hybridized carbons (Fsp3) is 0.429. The molecule has 3 N–H and O–H groups in total. The van der Waals surface area contributed by atoms with Crippen LogP contribution in [0.3, 0.4) is 0 Å². The minimum atomic E-state index is -0.199. The van der Waals surface area contributed by atoms with Crippen molar-refractivity contribution in [2.24, 2.45) is 0 Å². The number of nitrogens with one attached hydrogen (secondary N) is 1. The zero-order chi connectivity index (χ0) is 10.0. The standard InChI is InChI=1S/C7H12N4OS/c1-9-6(12)4-5(8)10-13-7(4)11(2)3/h1-3H3,(H2,8,10)(H,9,12). The van der Waals surface area contributed by atoms with Crippen LogP contribution in [0.15, 0.2) is 0 Å². The van der Waals surface area contributed by atoms with E-state index in [0.717, 1.165) is 5.00 Å². The van der Waals surface area contributed by atoms with Crippen LogP contribution in [0.2, 0.25) is 0 Å². The Labute approximate surface area is 80.7 Å². The van der Waals surface area contributed by atoms with Crippen molar-refractivity contribution in [3.05, 3.63) is 5.56 Å². The van der Waals surface area contributed by atoms with Crippen LogP contribution in [0.1, 0.15) is 10.4 Å². The quantitative estimate of drug-likeness (QED) is 0.713. The maximum atomic E-state index is 11.4. The molecule has 0 saturated carbocycles. The first-order chi connectivity index (χ1) is 6.07. The van der Waals surface area contributed by atoms with Crippen molar-refractivity contribution < 1.29 is 4.79 Å². The predicted octanol–water partition coefficient (Wildman–Crippen LogP) is 0.151. The lowest BCUT2D eigenvalue weighted by Gasteiger charge is -2.10. The van der Waals surface area contributed by atoms with E-state index in [2.05, 4.69) is 9.69 Å². The van der Waals surface area contributed by atoms with Crippen molar-refractivity contribution in [1.82, 2.24) is 9.69 Å². The molecule has 0 spiro atoms. The summed E-state index contributed by atoms with van der Waals surface area (Å²) in [5.74, 6) is 0.0861. The fourth-order valence-electron chi connectivity index (χ4n) is 0.937. The number of carbonyl (C=O) groups is 1. The van der Waals surface area contributed by atoms with Crippen molar-refractivity contribution in [3.8, 4) is 0 Å². The number of nitrogens with two attached hydrogens (primary N) is 1. The Morgan fingerprint density at radius 2 is 2.23 bits per heavy atom. The van der Waals surface area contributed by atoms with Gasteiger partial charge in [-0.25, -0.2) is 0 Å². The Bertz CT molecular complexity index is 320. The zero-order valence-corrected chi connectivity index (χ0v) is 8.60. The van der Waals surface area contributed by atoms with Crippen molar-refractivity contribution in [2.75, 3.05) is 31.8 Å². The Kier molecular flexibility index (Phi) is 2.72. The van der Waals surface area contributed by atoms with Crippen LogP contribution in [0, 0.1) is 0 Å². The highest BCUT2D eigenvalue weighted by Gasteiger charge is 2.18. The van der Waals surface area contributed by atoms with Gasteiger partial charge in [0.25, 0.3) is 5.91 Å². The maximum absolute atomic E-state index is 11.4. The number of anilines is 2. The minimum absolute atomic E-state index is 0.199. The molecular formula is C7H12N4OS. The molecule has 1 aromatic heterocycles. The molecule has 0 fully saturated rings. The van der Waals surface area contributed by atoms with E-state index in [1.807, 2.05) is 19.0 Å². The summed E-state index contributed by atoms with van der Waals surface area (Å²) in [6.45, 7) is 0. The molecule has 0 radical (unpaired) electrons. The summed E-state index contributed by atoms with van der Waals surface area (Å²) in [5, 5.41) is 3.30. The molecule has 0 aromatic carbocycles. The lowest BCUT2D eigenvalue weighted by molar-refractivity contribution is 0.0964. The molecule has 6 heteroatoms. The number of amides is 1. The number of rotatable bonds is 2. The van der Waals surface area contributed by atoms with Gasteiger partial charge in [-0.3, -0.25) is 4.79 Å². The van der Waals surface area contributed by atoms with Crippen molar-refractivity contribution >= 4 is 28.3 Å². The third-order valence-corrected chi connectivity index (χ3v) is 2.59. The summed E-state index contributed by atoms with van der Waals surface area (Å²) in [7, 11) is 5.26. The second kappa shape index (κ2) is 3.61. The van der Waals surface area contributed by atoms with Gasteiger partial charge in [0.1, 0.15) is 10.6 Å². The summed E-state index contributed by atoms with van der Waals surface area (Å²) in [6, 6.07) is 0. The average molecular weight is 200 g/mol. The highest BCUT2D eigenvalue weighted by molar-refractivity contribution is 7.11. The molecule has 0 unspecified atom stereocenters. The smallest absolute Gasteiger partial charge is 0.257 e. The molecular weight excluding hydrogens is 188 g/mol. The molecule has 0 aliphatic carbocycles. The molecule has 1 rings (SSSR count). The molecule has 0 bridgehead atoms. The van der Waals surface area contributed by atoms with E-state index in [4.69, 9.17) is 5.73 Å². The number of nitrogen functional groups attached to an aromatic ring is 1. The Morgan fingerprint density at radius 3 is 2.69 bits per heavy atom.